The van der Waals surface area contributed by atoms with Crippen LogP contribution >= 0.6 is 0 Å². The number of carbonyl (C=O) groups is 3. The average Bonchev–Trinajstić information content (AvgIpc) is 2.15. The lowest BCUT2D eigenvalue weighted by atomic mass is 9.60. The van der Waals surface area contributed by atoms with Gasteiger partial charge in [-0.2, -0.15) is 0 Å². The molecule has 6 heteroatoms. The van der Waals surface area contributed by atoms with Crippen LogP contribution in [0, 0.1) is 16.7 Å². The van der Waals surface area contributed by atoms with Crippen molar-refractivity contribution in [1.82, 2.24) is 0 Å². The van der Waals surface area contributed by atoms with E-state index in [1.807, 2.05) is 0 Å². The molecule has 1 saturated carbocycles. The Bertz CT molecular complexity index is 348. The monoisotopic (exact) mass is 244 g/mol. The van der Waals surface area contributed by atoms with E-state index in [-0.39, 0.29) is 19.3 Å². The van der Waals surface area contributed by atoms with Crippen LogP contribution in [0.25, 0.3) is 0 Å². The third-order valence-corrected chi connectivity index (χ3v) is 3.56. The Morgan fingerprint density at radius 2 is 1.29 bits per heavy atom. The zero-order chi connectivity index (χ0) is 13.4. The highest BCUT2D eigenvalue weighted by atomic mass is 16.4. The van der Waals surface area contributed by atoms with E-state index in [9.17, 15) is 14.4 Å². The number of rotatable bonds is 3. The third kappa shape index (κ3) is 2.40. The average molecular weight is 244 g/mol. The van der Waals surface area contributed by atoms with E-state index in [1.165, 1.54) is 13.8 Å². The van der Waals surface area contributed by atoms with E-state index >= 15 is 0 Å². The number of hydrogen-bond donors (Lipinski definition) is 3. The molecule has 0 saturated heterocycles. The van der Waals surface area contributed by atoms with E-state index in [0.29, 0.717) is 0 Å². The van der Waals surface area contributed by atoms with E-state index in [2.05, 4.69) is 0 Å². The van der Waals surface area contributed by atoms with Crippen molar-refractivity contribution in [2.45, 2.75) is 33.1 Å². The topological polar surface area (TPSA) is 112 Å². The van der Waals surface area contributed by atoms with Crippen LogP contribution in [0.15, 0.2) is 0 Å². The fraction of sp³-hybridized carbons (Fsp3) is 0.727. The summed E-state index contributed by atoms with van der Waals surface area (Å²) in [5.41, 5.74) is -2.59. The van der Waals surface area contributed by atoms with Gasteiger partial charge in [0.1, 0.15) is 0 Å². The van der Waals surface area contributed by atoms with Crippen molar-refractivity contribution in [1.29, 1.82) is 0 Å². The van der Waals surface area contributed by atoms with Crippen LogP contribution in [0.1, 0.15) is 33.1 Å². The molecular weight excluding hydrogens is 228 g/mol. The van der Waals surface area contributed by atoms with Crippen LogP contribution in [0.2, 0.25) is 0 Å². The SMILES string of the molecule is C[C@]1(C(=O)O)C[C@@H](C(=O)O)C[C@@](C)(C(=O)O)C1. The fourth-order valence-electron chi connectivity index (χ4n) is 2.67. The molecule has 1 aliphatic rings. The summed E-state index contributed by atoms with van der Waals surface area (Å²) in [6, 6.07) is 0. The van der Waals surface area contributed by atoms with Crippen molar-refractivity contribution in [2.75, 3.05) is 0 Å². The Morgan fingerprint density at radius 1 is 0.941 bits per heavy atom. The maximum Gasteiger partial charge on any atom is 0.309 e. The van der Waals surface area contributed by atoms with Gasteiger partial charge in [0.2, 0.25) is 0 Å². The second kappa shape index (κ2) is 4.01. The van der Waals surface area contributed by atoms with Crippen molar-refractivity contribution in [3.05, 3.63) is 0 Å². The summed E-state index contributed by atoms with van der Waals surface area (Å²) in [6.45, 7) is 2.82. The summed E-state index contributed by atoms with van der Waals surface area (Å²) in [7, 11) is 0. The highest BCUT2D eigenvalue weighted by Crippen LogP contribution is 2.49. The minimum atomic E-state index is -1.30. The second-order valence-electron chi connectivity index (χ2n) is 5.35. The smallest absolute Gasteiger partial charge is 0.309 e. The minimum absolute atomic E-state index is 0.0272. The molecule has 0 aromatic carbocycles. The van der Waals surface area contributed by atoms with Crippen LogP contribution in [-0.4, -0.2) is 33.2 Å². The predicted molar refractivity (Wildman–Crippen MR) is 56.5 cm³/mol. The molecule has 0 bridgehead atoms. The van der Waals surface area contributed by atoms with Crippen LogP contribution in [0.3, 0.4) is 0 Å². The molecule has 1 rings (SSSR count). The molecular formula is C11H16O6. The first-order chi connectivity index (χ1) is 7.61. The molecule has 3 atom stereocenters. The van der Waals surface area contributed by atoms with Gasteiger partial charge in [0, 0.05) is 0 Å². The first-order valence-corrected chi connectivity index (χ1v) is 5.30. The van der Waals surface area contributed by atoms with Gasteiger partial charge in [-0.3, -0.25) is 14.4 Å². The van der Waals surface area contributed by atoms with Crippen LogP contribution < -0.4 is 0 Å². The summed E-state index contributed by atoms with van der Waals surface area (Å²) >= 11 is 0. The first kappa shape index (κ1) is 13.5. The molecule has 3 N–H and O–H groups in total. The van der Waals surface area contributed by atoms with Crippen LogP contribution in [0.5, 0.6) is 0 Å². The standard InChI is InChI=1S/C11H16O6/c1-10(8(14)15)3-6(7(12)13)4-11(2,5-10)9(16)17/h6H,3-5H2,1-2H3,(H,12,13)(H,14,15)(H,16,17)/t6-,10+,11-. The molecule has 17 heavy (non-hydrogen) atoms. The molecule has 0 radical (unpaired) electrons. The molecule has 0 aromatic heterocycles. The lowest BCUT2D eigenvalue weighted by molar-refractivity contribution is -0.167. The lowest BCUT2D eigenvalue weighted by Crippen LogP contribution is -2.47. The number of carboxylic acids is 3. The molecule has 0 aromatic rings. The molecule has 96 valence electrons. The van der Waals surface area contributed by atoms with Crippen molar-refractivity contribution in [3.8, 4) is 0 Å². The first-order valence-electron chi connectivity index (χ1n) is 5.30. The number of hydrogen-bond acceptors (Lipinski definition) is 3. The van der Waals surface area contributed by atoms with Gasteiger partial charge in [0.25, 0.3) is 0 Å². The largest absolute Gasteiger partial charge is 0.481 e. The Labute approximate surface area is 98.3 Å². The molecule has 0 heterocycles. The van der Waals surface area contributed by atoms with Gasteiger partial charge in [-0.1, -0.05) is 0 Å². The molecule has 0 unspecified atom stereocenters. The summed E-state index contributed by atoms with van der Waals surface area (Å²) in [5.74, 6) is -4.34. The van der Waals surface area contributed by atoms with Gasteiger partial charge < -0.3 is 15.3 Å². The highest BCUT2D eigenvalue weighted by Gasteiger charge is 2.53. The van der Waals surface area contributed by atoms with E-state index in [1.54, 1.807) is 0 Å². The zero-order valence-corrected chi connectivity index (χ0v) is 9.77. The van der Waals surface area contributed by atoms with E-state index in [0.717, 1.165) is 0 Å². The third-order valence-electron chi connectivity index (χ3n) is 3.56. The Balaban J connectivity index is 3.12. The minimum Gasteiger partial charge on any atom is -0.481 e. The van der Waals surface area contributed by atoms with E-state index < -0.39 is 34.7 Å². The van der Waals surface area contributed by atoms with Crippen molar-refractivity contribution >= 4 is 17.9 Å². The Morgan fingerprint density at radius 3 is 1.53 bits per heavy atom. The number of carboxylic acid groups (broad SMARTS) is 3. The van der Waals surface area contributed by atoms with Crippen molar-refractivity contribution < 1.29 is 29.7 Å². The van der Waals surface area contributed by atoms with Gasteiger partial charge in [-0.15, -0.1) is 0 Å². The Kier molecular flexibility index (Phi) is 3.18. The summed E-state index contributed by atoms with van der Waals surface area (Å²) in [6.07, 6.45) is -0.102. The molecule has 0 amide bonds. The lowest BCUT2D eigenvalue weighted by Gasteiger charge is -2.42. The molecule has 0 spiro atoms. The summed E-state index contributed by atoms with van der Waals surface area (Å²) < 4.78 is 0. The molecule has 0 aliphatic heterocycles. The maximum atomic E-state index is 11.2. The van der Waals surface area contributed by atoms with Gasteiger partial charge in [0.15, 0.2) is 0 Å². The summed E-state index contributed by atoms with van der Waals surface area (Å²) in [4.78, 5) is 33.3. The predicted octanol–water partition coefficient (Wildman–Crippen LogP) is 1.05. The van der Waals surface area contributed by atoms with Gasteiger partial charge >= 0.3 is 17.9 Å². The molecule has 1 fully saturated rings. The van der Waals surface area contributed by atoms with Crippen LogP contribution in [-0.2, 0) is 14.4 Å². The van der Waals surface area contributed by atoms with Gasteiger partial charge in [-0.05, 0) is 33.1 Å². The van der Waals surface area contributed by atoms with E-state index in [4.69, 9.17) is 15.3 Å². The quantitative estimate of drug-likeness (QED) is 0.684. The van der Waals surface area contributed by atoms with Crippen LogP contribution in [0.4, 0.5) is 0 Å². The Hall–Kier alpha value is -1.59. The zero-order valence-electron chi connectivity index (χ0n) is 9.77. The van der Waals surface area contributed by atoms with Gasteiger partial charge in [-0.25, -0.2) is 0 Å². The normalized spacial score (nSPS) is 37.4. The maximum absolute atomic E-state index is 11.2. The fourth-order valence-corrected chi connectivity index (χ4v) is 2.67. The molecule has 1 aliphatic carbocycles. The van der Waals surface area contributed by atoms with Crippen molar-refractivity contribution in [2.24, 2.45) is 16.7 Å². The highest BCUT2D eigenvalue weighted by molar-refractivity contribution is 5.82. The molecule has 6 nitrogen and oxygen atoms in total. The van der Waals surface area contributed by atoms with Crippen molar-refractivity contribution in [3.63, 3.8) is 0 Å². The van der Waals surface area contributed by atoms with Gasteiger partial charge in [0.05, 0.1) is 16.7 Å². The second-order valence-corrected chi connectivity index (χ2v) is 5.35. The summed E-state index contributed by atoms with van der Waals surface area (Å²) in [5, 5.41) is 27.2. The number of aliphatic carboxylic acids is 3.